The highest BCUT2D eigenvalue weighted by atomic mass is 32.1. The summed E-state index contributed by atoms with van der Waals surface area (Å²) in [4.78, 5) is 13.3. The molecule has 0 unspecified atom stereocenters. The first-order valence-electron chi connectivity index (χ1n) is 10.1. The van der Waals surface area contributed by atoms with Gasteiger partial charge >= 0.3 is 0 Å². The monoisotopic (exact) mass is 425 g/mol. The van der Waals surface area contributed by atoms with E-state index in [9.17, 15) is 0 Å². The number of aromatic nitrogens is 5. The van der Waals surface area contributed by atoms with Gasteiger partial charge in [0, 0.05) is 51.2 Å². The maximum absolute atomic E-state index is 5.78. The Morgan fingerprint density at radius 2 is 1.83 bits per heavy atom. The van der Waals surface area contributed by atoms with Crippen molar-refractivity contribution in [3.63, 3.8) is 0 Å². The van der Waals surface area contributed by atoms with Crippen LogP contribution in [0.25, 0.3) is 11.4 Å². The highest BCUT2D eigenvalue weighted by molar-refractivity contribution is 7.71. The average molecular weight is 426 g/mol. The molecule has 0 amide bonds. The second kappa shape index (κ2) is 9.46. The molecular formula is C21H27N7OS. The van der Waals surface area contributed by atoms with Crippen LogP contribution in [0.2, 0.25) is 0 Å². The molecule has 0 radical (unpaired) electrons. The van der Waals surface area contributed by atoms with Gasteiger partial charge in [-0.05, 0) is 31.3 Å². The first kappa shape index (κ1) is 20.6. The number of anilines is 1. The smallest absolute Gasteiger partial charge is 0.225 e. The van der Waals surface area contributed by atoms with E-state index in [4.69, 9.17) is 22.1 Å². The Labute approximate surface area is 181 Å². The molecule has 4 rings (SSSR count). The molecule has 3 heterocycles. The number of piperazine rings is 1. The first-order chi connectivity index (χ1) is 14.7. The molecule has 1 aromatic carbocycles. The van der Waals surface area contributed by atoms with Gasteiger partial charge in [-0.3, -0.25) is 9.47 Å². The largest absolute Gasteiger partial charge is 0.383 e. The Bertz CT molecular complexity index is 1030. The molecule has 2 aromatic heterocycles. The molecular weight excluding hydrogens is 398 g/mol. The molecule has 9 heteroatoms. The van der Waals surface area contributed by atoms with Crippen LogP contribution < -0.4 is 4.90 Å². The number of aryl methyl sites for hydroxylation is 1. The summed E-state index contributed by atoms with van der Waals surface area (Å²) in [6.45, 7) is 7.60. The second-order valence-electron chi connectivity index (χ2n) is 7.41. The Morgan fingerprint density at radius 3 is 2.53 bits per heavy atom. The van der Waals surface area contributed by atoms with E-state index in [-0.39, 0.29) is 0 Å². The summed E-state index contributed by atoms with van der Waals surface area (Å²) < 4.78 is 10.0. The lowest BCUT2D eigenvalue weighted by molar-refractivity contribution is 0.183. The van der Waals surface area contributed by atoms with Crippen molar-refractivity contribution < 1.29 is 4.74 Å². The van der Waals surface area contributed by atoms with E-state index >= 15 is 0 Å². The first-order valence-corrected chi connectivity index (χ1v) is 10.5. The molecule has 1 aliphatic rings. The maximum atomic E-state index is 5.78. The SMILES string of the molecule is COCCn1c(-c2cccc(C)c2)nn(CN2CCN(c3ncccn3)CC2)c1=S. The minimum Gasteiger partial charge on any atom is -0.383 e. The molecule has 158 valence electrons. The number of hydrogen-bond donors (Lipinski definition) is 0. The third-order valence-electron chi connectivity index (χ3n) is 5.26. The van der Waals surface area contributed by atoms with E-state index in [1.165, 1.54) is 5.56 Å². The average Bonchev–Trinajstić information content (AvgIpc) is 3.08. The van der Waals surface area contributed by atoms with Crippen LogP contribution in [0.3, 0.4) is 0 Å². The fourth-order valence-corrected chi connectivity index (χ4v) is 3.92. The fraction of sp³-hybridized carbons (Fsp3) is 0.429. The summed E-state index contributed by atoms with van der Waals surface area (Å²) in [5, 5.41) is 4.89. The fourth-order valence-electron chi connectivity index (χ4n) is 3.65. The molecule has 8 nitrogen and oxygen atoms in total. The van der Waals surface area contributed by atoms with Gasteiger partial charge in [0.25, 0.3) is 0 Å². The molecule has 0 saturated carbocycles. The zero-order valence-electron chi connectivity index (χ0n) is 17.4. The Morgan fingerprint density at radius 1 is 1.07 bits per heavy atom. The van der Waals surface area contributed by atoms with Gasteiger partial charge < -0.3 is 9.64 Å². The standard InChI is InChI=1S/C21H27N7OS/c1-17-5-3-6-18(15-17)19-24-28(21(30)27(19)13-14-29-2)16-25-9-11-26(12-10-25)20-22-7-4-8-23-20/h3-8,15H,9-14,16H2,1-2H3. The van der Waals surface area contributed by atoms with E-state index in [0.717, 1.165) is 48.3 Å². The summed E-state index contributed by atoms with van der Waals surface area (Å²) >= 11 is 5.78. The van der Waals surface area contributed by atoms with Gasteiger partial charge in [0.1, 0.15) is 0 Å². The van der Waals surface area contributed by atoms with Crippen LogP contribution >= 0.6 is 12.2 Å². The molecule has 3 aromatic rings. The Kier molecular flexibility index (Phi) is 6.51. The van der Waals surface area contributed by atoms with Crippen LogP contribution in [0.5, 0.6) is 0 Å². The van der Waals surface area contributed by atoms with Crippen molar-refractivity contribution in [2.45, 2.75) is 20.1 Å². The van der Waals surface area contributed by atoms with Gasteiger partial charge in [-0.2, -0.15) is 5.10 Å². The van der Waals surface area contributed by atoms with E-state index in [0.29, 0.717) is 19.8 Å². The number of benzene rings is 1. The van der Waals surface area contributed by atoms with Crippen LogP contribution in [-0.2, 0) is 18.0 Å². The zero-order valence-corrected chi connectivity index (χ0v) is 18.3. The number of ether oxygens (including phenoxy) is 1. The van der Waals surface area contributed by atoms with Gasteiger partial charge in [-0.15, -0.1) is 0 Å². The third-order valence-corrected chi connectivity index (χ3v) is 5.69. The topological polar surface area (TPSA) is 64.2 Å². The summed E-state index contributed by atoms with van der Waals surface area (Å²) in [7, 11) is 1.70. The lowest BCUT2D eigenvalue weighted by Gasteiger charge is -2.34. The van der Waals surface area contributed by atoms with Crippen molar-refractivity contribution in [2.75, 3.05) is 44.8 Å². The van der Waals surface area contributed by atoms with E-state index in [1.54, 1.807) is 19.5 Å². The van der Waals surface area contributed by atoms with Crippen LogP contribution in [0.15, 0.2) is 42.7 Å². The highest BCUT2D eigenvalue weighted by Gasteiger charge is 2.21. The predicted molar refractivity (Wildman–Crippen MR) is 119 cm³/mol. The molecule has 30 heavy (non-hydrogen) atoms. The molecule has 0 atom stereocenters. The van der Waals surface area contributed by atoms with Crippen LogP contribution in [0.4, 0.5) is 5.95 Å². The molecule has 1 fully saturated rings. The van der Waals surface area contributed by atoms with Crippen LogP contribution in [0, 0.1) is 11.7 Å². The zero-order chi connectivity index (χ0) is 20.9. The van der Waals surface area contributed by atoms with Crippen molar-refractivity contribution in [2.24, 2.45) is 0 Å². The van der Waals surface area contributed by atoms with Gasteiger partial charge in [0.05, 0.1) is 19.8 Å². The summed E-state index contributed by atoms with van der Waals surface area (Å²) in [5.41, 5.74) is 2.27. The number of rotatable bonds is 7. The normalized spacial score (nSPS) is 14.9. The minimum atomic E-state index is 0.592. The summed E-state index contributed by atoms with van der Waals surface area (Å²) in [6, 6.07) is 10.2. The van der Waals surface area contributed by atoms with Crippen molar-refractivity contribution in [3.8, 4) is 11.4 Å². The number of nitrogens with zero attached hydrogens (tertiary/aromatic N) is 7. The predicted octanol–water partition coefficient (Wildman–Crippen LogP) is 2.61. The molecule has 0 spiro atoms. The van der Waals surface area contributed by atoms with Crippen molar-refractivity contribution in [1.82, 2.24) is 29.2 Å². The van der Waals surface area contributed by atoms with Crippen molar-refractivity contribution in [3.05, 3.63) is 53.1 Å². The summed E-state index contributed by atoms with van der Waals surface area (Å²) in [5.74, 6) is 1.68. The van der Waals surface area contributed by atoms with Gasteiger partial charge in [-0.1, -0.05) is 23.8 Å². The highest BCUT2D eigenvalue weighted by Crippen LogP contribution is 2.20. The molecule has 1 aliphatic heterocycles. The lowest BCUT2D eigenvalue weighted by atomic mass is 10.1. The van der Waals surface area contributed by atoms with Crippen LogP contribution in [0.1, 0.15) is 5.56 Å². The Balaban J connectivity index is 1.51. The summed E-state index contributed by atoms with van der Waals surface area (Å²) in [6.07, 6.45) is 3.57. The lowest BCUT2D eigenvalue weighted by Crippen LogP contribution is -2.47. The minimum absolute atomic E-state index is 0.592. The van der Waals surface area contributed by atoms with Crippen LogP contribution in [-0.4, -0.2) is 69.1 Å². The number of hydrogen-bond acceptors (Lipinski definition) is 7. The molecule has 0 aliphatic carbocycles. The van der Waals surface area contributed by atoms with E-state index in [1.807, 2.05) is 10.7 Å². The second-order valence-corrected chi connectivity index (χ2v) is 7.78. The van der Waals surface area contributed by atoms with E-state index in [2.05, 4.69) is 55.5 Å². The molecule has 1 saturated heterocycles. The van der Waals surface area contributed by atoms with Gasteiger partial charge in [-0.25, -0.2) is 14.6 Å². The van der Waals surface area contributed by atoms with Crippen molar-refractivity contribution in [1.29, 1.82) is 0 Å². The van der Waals surface area contributed by atoms with E-state index < -0.39 is 0 Å². The molecule has 0 N–H and O–H groups in total. The Hall–Kier alpha value is -2.62. The third kappa shape index (κ3) is 4.58. The van der Waals surface area contributed by atoms with Crippen molar-refractivity contribution >= 4 is 18.2 Å². The van der Waals surface area contributed by atoms with Gasteiger partial charge in [0.15, 0.2) is 10.6 Å². The van der Waals surface area contributed by atoms with Gasteiger partial charge in [0.2, 0.25) is 5.95 Å². The quantitative estimate of drug-likeness (QED) is 0.539. The number of methoxy groups -OCH3 is 1. The molecule has 0 bridgehead atoms. The maximum Gasteiger partial charge on any atom is 0.225 e.